The number of carbonyl (C=O) groups is 1. The largest absolute Gasteiger partial charge is 0.300 e. The van der Waals surface area contributed by atoms with Gasteiger partial charge in [-0.3, -0.25) is 4.79 Å². The van der Waals surface area contributed by atoms with E-state index in [9.17, 15) is 4.79 Å². The lowest BCUT2D eigenvalue weighted by molar-refractivity contribution is -0.119. The van der Waals surface area contributed by atoms with E-state index in [4.69, 9.17) is 7.85 Å². The molecule has 4 nitrogen and oxygen atoms in total. The summed E-state index contributed by atoms with van der Waals surface area (Å²) in [5.41, 5.74) is 2.68. The number of nitrogens with one attached hydrogen (secondary N) is 1. The van der Waals surface area contributed by atoms with Crippen molar-refractivity contribution in [3.8, 4) is 0 Å². The number of aromatic nitrogens is 2. The van der Waals surface area contributed by atoms with Gasteiger partial charge in [0.25, 0.3) is 0 Å². The fourth-order valence-corrected chi connectivity index (χ4v) is 3.95. The first-order valence-electron chi connectivity index (χ1n) is 7.12. The van der Waals surface area contributed by atoms with Crippen LogP contribution in [0.3, 0.4) is 0 Å². The van der Waals surface area contributed by atoms with Crippen LogP contribution in [0.2, 0.25) is 0 Å². The number of hydrogen-bond donors (Lipinski definition) is 1. The molecule has 0 saturated carbocycles. The van der Waals surface area contributed by atoms with Gasteiger partial charge in [0.15, 0.2) is 0 Å². The Balaban J connectivity index is 1.90. The summed E-state index contributed by atoms with van der Waals surface area (Å²) in [6, 6.07) is 13.9. The summed E-state index contributed by atoms with van der Waals surface area (Å²) in [7, 11) is 5.88. The van der Waals surface area contributed by atoms with Crippen LogP contribution in [0.15, 0.2) is 48.0 Å². The summed E-state index contributed by atoms with van der Waals surface area (Å²) in [6.45, 7) is 1.92. The van der Waals surface area contributed by atoms with Crippen LogP contribution in [0.25, 0.3) is 0 Å². The molecule has 2 atom stereocenters. The summed E-state index contributed by atoms with van der Waals surface area (Å²) >= 11 is 2.82. The molecule has 0 aliphatic rings. The average molecular weight is 339 g/mol. The maximum absolute atomic E-state index is 12.6. The molecule has 3 rings (SSSR count). The maximum atomic E-state index is 12.6. The normalized spacial score (nSPS) is 13.4. The first-order chi connectivity index (χ1) is 11.1. The van der Waals surface area contributed by atoms with Crippen molar-refractivity contribution >= 4 is 46.3 Å². The minimum atomic E-state index is -0.264. The quantitative estimate of drug-likeness (QED) is 0.728. The third kappa shape index (κ3) is 3.68. The minimum Gasteiger partial charge on any atom is -0.300 e. The Morgan fingerprint density at radius 3 is 2.61 bits per heavy atom. The highest BCUT2D eigenvalue weighted by molar-refractivity contribution is 7.20. The van der Waals surface area contributed by atoms with E-state index in [1.807, 2.05) is 49.4 Å². The smallest absolute Gasteiger partial charge is 0.230 e. The van der Waals surface area contributed by atoms with E-state index in [1.54, 1.807) is 5.51 Å². The molecule has 0 spiro atoms. The molecule has 0 bridgehead atoms. The van der Waals surface area contributed by atoms with Gasteiger partial charge in [-0.05, 0) is 16.4 Å². The second kappa shape index (κ2) is 7.06. The van der Waals surface area contributed by atoms with Crippen molar-refractivity contribution in [2.75, 3.05) is 5.32 Å². The lowest BCUT2D eigenvalue weighted by Crippen LogP contribution is -2.26. The van der Waals surface area contributed by atoms with Crippen molar-refractivity contribution in [2.45, 2.75) is 12.8 Å². The Kier molecular flexibility index (Phi) is 4.88. The van der Waals surface area contributed by atoms with Crippen LogP contribution in [0.1, 0.15) is 23.3 Å². The van der Waals surface area contributed by atoms with Gasteiger partial charge >= 0.3 is 0 Å². The van der Waals surface area contributed by atoms with Gasteiger partial charge in [-0.15, -0.1) is 10.2 Å². The van der Waals surface area contributed by atoms with E-state index in [-0.39, 0.29) is 17.7 Å². The summed E-state index contributed by atoms with van der Waals surface area (Å²) in [4.78, 5) is 13.7. The van der Waals surface area contributed by atoms with Crippen molar-refractivity contribution in [3.63, 3.8) is 0 Å². The number of rotatable bonds is 5. The fraction of sp³-hybridized carbons (Fsp3) is 0.188. The Bertz CT molecular complexity index is 774. The molecule has 1 N–H and O–H groups in total. The molecule has 1 aromatic carbocycles. The Hall–Kier alpha value is -1.99. The molecule has 2 aromatic heterocycles. The van der Waals surface area contributed by atoms with Gasteiger partial charge in [0, 0.05) is 16.7 Å². The van der Waals surface area contributed by atoms with E-state index in [1.165, 1.54) is 22.7 Å². The standard InChI is InChI=1S/C16H14BN3OS2/c1-10(15(21)19-16-20-18-9-22-16)14(11-5-3-2-4-6-11)12-7-8-13(17)23-12/h2-10,14H,1H3,(H,19,20,21). The Morgan fingerprint density at radius 2 is 2.00 bits per heavy atom. The van der Waals surface area contributed by atoms with E-state index in [2.05, 4.69) is 15.5 Å². The number of thiophene rings is 1. The van der Waals surface area contributed by atoms with Crippen LogP contribution in [0.4, 0.5) is 5.13 Å². The zero-order chi connectivity index (χ0) is 16.2. The molecule has 0 fully saturated rings. The fourth-order valence-electron chi connectivity index (χ4n) is 2.49. The van der Waals surface area contributed by atoms with E-state index in [0.29, 0.717) is 5.13 Å². The van der Waals surface area contributed by atoms with Gasteiger partial charge in [0.05, 0.1) is 0 Å². The van der Waals surface area contributed by atoms with E-state index >= 15 is 0 Å². The molecule has 0 saturated heterocycles. The van der Waals surface area contributed by atoms with Crippen LogP contribution in [0.5, 0.6) is 0 Å². The third-order valence-electron chi connectivity index (χ3n) is 3.62. The predicted molar refractivity (Wildman–Crippen MR) is 95.7 cm³/mol. The number of carbonyl (C=O) groups excluding carboxylic acids is 1. The summed E-state index contributed by atoms with van der Waals surface area (Å²) < 4.78 is 0.748. The van der Waals surface area contributed by atoms with Gasteiger partial charge in [0.1, 0.15) is 13.4 Å². The second-order valence-corrected chi connectivity index (χ2v) is 7.13. The van der Waals surface area contributed by atoms with Crippen molar-refractivity contribution in [1.29, 1.82) is 0 Å². The van der Waals surface area contributed by atoms with Gasteiger partial charge in [-0.25, -0.2) is 0 Å². The predicted octanol–water partition coefficient (Wildman–Crippen LogP) is 2.80. The Morgan fingerprint density at radius 1 is 1.22 bits per heavy atom. The van der Waals surface area contributed by atoms with Crippen LogP contribution in [-0.2, 0) is 4.79 Å². The van der Waals surface area contributed by atoms with Crippen molar-refractivity contribution in [1.82, 2.24) is 10.2 Å². The zero-order valence-electron chi connectivity index (χ0n) is 12.5. The SMILES string of the molecule is [B]c1ccc(C(c2ccccc2)C(C)C(=O)Nc2nncs2)s1. The van der Waals surface area contributed by atoms with Crippen molar-refractivity contribution < 1.29 is 4.79 Å². The monoisotopic (exact) mass is 339 g/mol. The van der Waals surface area contributed by atoms with Crippen molar-refractivity contribution in [2.24, 2.45) is 5.92 Å². The molecular weight excluding hydrogens is 325 g/mol. The van der Waals surface area contributed by atoms with Crippen LogP contribution in [-0.4, -0.2) is 24.0 Å². The number of nitrogens with zero attached hydrogens (tertiary/aromatic N) is 2. The van der Waals surface area contributed by atoms with E-state index in [0.717, 1.165) is 15.2 Å². The average Bonchev–Trinajstić information content (AvgIpc) is 3.20. The van der Waals surface area contributed by atoms with Gasteiger partial charge in [0.2, 0.25) is 11.0 Å². The second-order valence-electron chi connectivity index (χ2n) is 5.15. The summed E-state index contributed by atoms with van der Waals surface area (Å²) in [5, 5.41) is 10.9. The lowest BCUT2D eigenvalue weighted by Gasteiger charge is -2.22. The lowest BCUT2D eigenvalue weighted by atomic mass is 9.85. The highest BCUT2D eigenvalue weighted by Crippen LogP contribution is 2.34. The topological polar surface area (TPSA) is 54.9 Å². The van der Waals surface area contributed by atoms with E-state index < -0.39 is 0 Å². The molecule has 1 amide bonds. The number of benzene rings is 1. The Labute approximate surface area is 144 Å². The van der Waals surface area contributed by atoms with Gasteiger partial charge < -0.3 is 5.32 Å². The van der Waals surface area contributed by atoms with Crippen LogP contribution >= 0.6 is 22.7 Å². The number of amides is 1. The van der Waals surface area contributed by atoms with Gasteiger partial charge in [-0.1, -0.05) is 54.7 Å². The highest BCUT2D eigenvalue weighted by Gasteiger charge is 2.28. The molecule has 2 radical (unpaired) electrons. The number of anilines is 1. The molecule has 23 heavy (non-hydrogen) atoms. The maximum Gasteiger partial charge on any atom is 0.230 e. The highest BCUT2D eigenvalue weighted by atomic mass is 32.1. The van der Waals surface area contributed by atoms with Crippen molar-refractivity contribution in [3.05, 3.63) is 58.4 Å². The molecule has 7 heteroatoms. The first-order valence-corrected chi connectivity index (χ1v) is 8.82. The molecule has 114 valence electrons. The molecule has 0 aliphatic carbocycles. The minimum absolute atomic E-state index is 0.0496. The van der Waals surface area contributed by atoms with Crippen LogP contribution < -0.4 is 10.1 Å². The first kappa shape index (κ1) is 15.9. The van der Waals surface area contributed by atoms with Gasteiger partial charge in [-0.2, -0.15) is 11.3 Å². The number of hydrogen-bond acceptors (Lipinski definition) is 5. The molecule has 3 aromatic rings. The molecular formula is C16H14BN3OS2. The third-order valence-corrected chi connectivity index (χ3v) is 5.22. The summed E-state index contributed by atoms with van der Waals surface area (Å²) in [6.07, 6.45) is 0. The molecule has 2 unspecified atom stereocenters. The molecule has 0 aliphatic heterocycles. The zero-order valence-corrected chi connectivity index (χ0v) is 14.1. The molecule has 2 heterocycles. The summed E-state index contributed by atoms with van der Waals surface area (Å²) in [5.74, 6) is -0.395. The van der Waals surface area contributed by atoms with Crippen LogP contribution in [0, 0.1) is 5.92 Å².